The maximum atomic E-state index is 13.4. The second-order valence-electron chi connectivity index (χ2n) is 6.84. The molecule has 9 heteroatoms. The molecule has 0 aliphatic carbocycles. The van der Waals surface area contributed by atoms with Gasteiger partial charge in [-0.05, 0) is 55.8 Å². The molecule has 1 aliphatic heterocycles. The minimum absolute atomic E-state index is 0.0122. The number of nitrogens with zero attached hydrogens (tertiary/aromatic N) is 2. The van der Waals surface area contributed by atoms with Gasteiger partial charge in [0.1, 0.15) is 18.1 Å². The Bertz CT molecular complexity index is 944. The quantitative estimate of drug-likeness (QED) is 0.760. The van der Waals surface area contributed by atoms with E-state index in [4.69, 9.17) is 9.47 Å². The Labute approximate surface area is 171 Å². The first-order chi connectivity index (χ1) is 14.1. The lowest BCUT2D eigenvalue weighted by atomic mass is 10.1. The SMILES string of the molecule is CCOc1ccc(OCc2cccc(C(=O)N3N=C(C)C[C@@]3(O)C(F)(F)F)c2)cc1. The summed E-state index contributed by atoms with van der Waals surface area (Å²) in [4.78, 5) is 12.7. The van der Waals surface area contributed by atoms with Gasteiger partial charge in [-0.25, -0.2) is 0 Å². The van der Waals surface area contributed by atoms with Gasteiger partial charge in [0.15, 0.2) is 0 Å². The Morgan fingerprint density at radius 2 is 1.80 bits per heavy atom. The molecule has 30 heavy (non-hydrogen) atoms. The maximum absolute atomic E-state index is 13.4. The third-order valence-corrected chi connectivity index (χ3v) is 4.48. The van der Waals surface area contributed by atoms with Crippen molar-refractivity contribution in [1.29, 1.82) is 0 Å². The van der Waals surface area contributed by atoms with Crippen molar-refractivity contribution < 1.29 is 32.5 Å². The fraction of sp³-hybridized carbons (Fsp3) is 0.333. The van der Waals surface area contributed by atoms with E-state index < -0.39 is 24.2 Å². The van der Waals surface area contributed by atoms with E-state index in [1.165, 1.54) is 25.1 Å². The zero-order valence-corrected chi connectivity index (χ0v) is 16.4. The molecule has 1 amide bonds. The van der Waals surface area contributed by atoms with Crippen molar-refractivity contribution in [1.82, 2.24) is 5.01 Å². The van der Waals surface area contributed by atoms with Crippen molar-refractivity contribution in [2.24, 2.45) is 5.10 Å². The predicted octanol–water partition coefficient (Wildman–Crippen LogP) is 4.14. The molecule has 0 aromatic heterocycles. The highest BCUT2D eigenvalue weighted by atomic mass is 19.4. The van der Waals surface area contributed by atoms with Crippen LogP contribution in [-0.4, -0.2) is 40.2 Å². The third kappa shape index (κ3) is 4.40. The van der Waals surface area contributed by atoms with E-state index in [1.54, 1.807) is 30.3 Å². The molecule has 0 radical (unpaired) electrons. The second-order valence-corrected chi connectivity index (χ2v) is 6.84. The number of aliphatic hydroxyl groups is 1. The van der Waals surface area contributed by atoms with Gasteiger partial charge in [-0.15, -0.1) is 0 Å². The van der Waals surface area contributed by atoms with Gasteiger partial charge in [-0.1, -0.05) is 12.1 Å². The van der Waals surface area contributed by atoms with Gasteiger partial charge in [0.25, 0.3) is 11.6 Å². The molecule has 1 heterocycles. The van der Waals surface area contributed by atoms with Crippen molar-refractivity contribution in [3.8, 4) is 11.5 Å². The van der Waals surface area contributed by atoms with Crippen LogP contribution in [0, 0.1) is 0 Å². The summed E-state index contributed by atoms with van der Waals surface area (Å²) in [5, 5.41) is 13.8. The Morgan fingerprint density at radius 1 is 1.17 bits per heavy atom. The summed E-state index contributed by atoms with van der Waals surface area (Å²) in [6.45, 7) is 3.85. The average molecular weight is 422 g/mol. The number of hydrogen-bond donors (Lipinski definition) is 1. The van der Waals surface area contributed by atoms with E-state index in [1.807, 2.05) is 6.92 Å². The average Bonchev–Trinajstić information content (AvgIpc) is 3.03. The fourth-order valence-corrected chi connectivity index (χ4v) is 3.04. The minimum Gasteiger partial charge on any atom is -0.494 e. The number of ether oxygens (including phenoxy) is 2. The first-order valence-corrected chi connectivity index (χ1v) is 9.26. The number of carbonyl (C=O) groups is 1. The van der Waals surface area contributed by atoms with Crippen molar-refractivity contribution in [3.63, 3.8) is 0 Å². The maximum Gasteiger partial charge on any atom is 0.438 e. The van der Waals surface area contributed by atoms with Gasteiger partial charge in [0.2, 0.25) is 0 Å². The number of alkyl halides is 3. The van der Waals surface area contributed by atoms with E-state index >= 15 is 0 Å². The van der Waals surface area contributed by atoms with Crippen LogP contribution in [0.5, 0.6) is 11.5 Å². The molecule has 160 valence electrons. The van der Waals surface area contributed by atoms with Gasteiger partial charge >= 0.3 is 6.18 Å². The summed E-state index contributed by atoms with van der Waals surface area (Å²) in [5.41, 5.74) is -2.81. The molecule has 6 nitrogen and oxygen atoms in total. The lowest BCUT2D eigenvalue weighted by Crippen LogP contribution is -2.56. The van der Waals surface area contributed by atoms with E-state index in [0.717, 1.165) is 0 Å². The van der Waals surface area contributed by atoms with Gasteiger partial charge in [0.05, 0.1) is 6.61 Å². The first kappa shape index (κ1) is 21.6. The van der Waals surface area contributed by atoms with Gasteiger partial charge in [-0.2, -0.15) is 23.3 Å². The Balaban J connectivity index is 1.74. The van der Waals surface area contributed by atoms with E-state index in [-0.39, 0.29) is 22.9 Å². The summed E-state index contributed by atoms with van der Waals surface area (Å²) in [6.07, 6.45) is -5.83. The third-order valence-electron chi connectivity index (χ3n) is 4.48. The summed E-state index contributed by atoms with van der Waals surface area (Å²) in [7, 11) is 0. The lowest BCUT2D eigenvalue weighted by Gasteiger charge is -2.32. The summed E-state index contributed by atoms with van der Waals surface area (Å²) in [6, 6.07) is 13.0. The van der Waals surface area contributed by atoms with Crippen molar-refractivity contribution in [3.05, 3.63) is 59.7 Å². The highest BCUT2D eigenvalue weighted by molar-refractivity contribution is 5.98. The Kier molecular flexibility index (Phi) is 6.02. The molecule has 1 aliphatic rings. The molecule has 0 spiro atoms. The Hall–Kier alpha value is -3.07. The Morgan fingerprint density at radius 3 is 2.40 bits per heavy atom. The first-order valence-electron chi connectivity index (χ1n) is 9.26. The molecule has 0 saturated heterocycles. The molecular formula is C21H21F3N2O4. The number of hydrazone groups is 1. The van der Waals surface area contributed by atoms with Crippen LogP contribution in [0.2, 0.25) is 0 Å². The number of carbonyl (C=O) groups excluding carboxylic acids is 1. The molecule has 1 N–H and O–H groups in total. The molecular weight excluding hydrogens is 401 g/mol. The smallest absolute Gasteiger partial charge is 0.438 e. The molecule has 0 bridgehead atoms. The molecule has 1 atom stereocenters. The molecule has 2 aromatic rings. The van der Waals surface area contributed by atoms with Crippen LogP contribution >= 0.6 is 0 Å². The molecule has 0 fully saturated rings. The van der Waals surface area contributed by atoms with E-state index in [0.29, 0.717) is 23.7 Å². The van der Waals surface area contributed by atoms with Gasteiger partial charge < -0.3 is 14.6 Å². The van der Waals surface area contributed by atoms with Crippen LogP contribution in [0.4, 0.5) is 13.2 Å². The molecule has 3 rings (SSSR count). The number of benzene rings is 2. The van der Waals surface area contributed by atoms with E-state index in [2.05, 4.69) is 5.10 Å². The number of hydrogen-bond acceptors (Lipinski definition) is 5. The number of rotatable bonds is 6. The fourth-order valence-electron chi connectivity index (χ4n) is 3.04. The second kappa shape index (κ2) is 8.35. The van der Waals surface area contributed by atoms with Crippen LogP contribution in [0.3, 0.4) is 0 Å². The van der Waals surface area contributed by atoms with Crippen LogP contribution in [0.15, 0.2) is 53.6 Å². The predicted molar refractivity (Wildman–Crippen MR) is 103 cm³/mol. The standard InChI is InChI=1S/C21H21F3N2O4/c1-3-29-17-7-9-18(10-8-17)30-13-15-5-4-6-16(11-15)19(27)26-20(28,21(22,23)24)12-14(2)25-26/h4-11,28H,3,12-13H2,1-2H3/t20-/m1/s1. The largest absolute Gasteiger partial charge is 0.494 e. The number of halogens is 3. The normalized spacial score (nSPS) is 18.9. The highest BCUT2D eigenvalue weighted by Crippen LogP contribution is 2.40. The van der Waals surface area contributed by atoms with Gasteiger partial charge in [-0.3, -0.25) is 4.79 Å². The topological polar surface area (TPSA) is 71.4 Å². The summed E-state index contributed by atoms with van der Waals surface area (Å²) >= 11 is 0. The summed E-state index contributed by atoms with van der Waals surface area (Å²) < 4.78 is 51.1. The summed E-state index contributed by atoms with van der Waals surface area (Å²) in [5.74, 6) is 0.229. The van der Waals surface area contributed by atoms with Crippen LogP contribution in [0.25, 0.3) is 0 Å². The van der Waals surface area contributed by atoms with Crippen molar-refractivity contribution in [2.75, 3.05) is 6.61 Å². The van der Waals surface area contributed by atoms with Crippen molar-refractivity contribution in [2.45, 2.75) is 38.8 Å². The zero-order chi connectivity index (χ0) is 21.9. The number of amides is 1. The molecule has 2 aromatic carbocycles. The lowest BCUT2D eigenvalue weighted by molar-refractivity contribution is -0.297. The van der Waals surface area contributed by atoms with Crippen LogP contribution in [0.1, 0.15) is 36.2 Å². The molecule has 0 unspecified atom stereocenters. The zero-order valence-electron chi connectivity index (χ0n) is 16.4. The van der Waals surface area contributed by atoms with Crippen molar-refractivity contribution >= 4 is 11.6 Å². The van der Waals surface area contributed by atoms with Crippen LogP contribution < -0.4 is 9.47 Å². The van der Waals surface area contributed by atoms with E-state index in [9.17, 15) is 23.1 Å². The highest BCUT2D eigenvalue weighted by Gasteiger charge is 2.62. The monoisotopic (exact) mass is 422 g/mol. The minimum atomic E-state index is -5.04. The van der Waals surface area contributed by atoms with Gasteiger partial charge in [0, 0.05) is 17.7 Å². The van der Waals surface area contributed by atoms with Crippen LogP contribution in [-0.2, 0) is 6.61 Å². The molecule has 0 saturated carbocycles.